The highest BCUT2D eigenvalue weighted by Crippen LogP contribution is 2.38. The minimum atomic E-state index is -4.67. The van der Waals surface area contributed by atoms with Crippen LogP contribution in [0.15, 0.2) is 12.1 Å². The molecule has 1 aliphatic rings. The van der Waals surface area contributed by atoms with Gasteiger partial charge in [0.1, 0.15) is 17.2 Å². The van der Waals surface area contributed by atoms with E-state index < -0.39 is 17.9 Å². The molecule has 0 atom stereocenters. The van der Waals surface area contributed by atoms with Crippen molar-refractivity contribution in [2.24, 2.45) is 0 Å². The lowest BCUT2D eigenvalue weighted by Crippen LogP contribution is -2.31. The van der Waals surface area contributed by atoms with Gasteiger partial charge in [0.05, 0.1) is 0 Å². The Hall–Kier alpha value is -3.11. The van der Waals surface area contributed by atoms with E-state index in [1.165, 1.54) is 6.07 Å². The van der Waals surface area contributed by atoms with Crippen molar-refractivity contribution in [2.75, 3.05) is 0 Å². The average molecular weight is 523 g/mol. The van der Waals surface area contributed by atoms with Crippen molar-refractivity contribution in [3.63, 3.8) is 0 Å². The van der Waals surface area contributed by atoms with Crippen LogP contribution in [0, 0.1) is 0 Å². The van der Waals surface area contributed by atoms with Crippen molar-refractivity contribution in [2.45, 2.75) is 104 Å². The van der Waals surface area contributed by atoms with Gasteiger partial charge in [-0.2, -0.15) is 13.2 Å². The number of halogens is 3. The van der Waals surface area contributed by atoms with E-state index in [4.69, 9.17) is 0 Å². The highest BCUT2D eigenvalue weighted by molar-refractivity contribution is 5.93. The Bertz CT molecular complexity index is 1080. The summed E-state index contributed by atoms with van der Waals surface area (Å²) in [6.07, 6.45) is -2.38. The summed E-state index contributed by atoms with van der Waals surface area (Å²) in [6, 6.07) is 3.05. The Kier molecular flexibility index (Phi) is 10.1. The Morgan fingerprint density at radius 3 is 1.57 bits per heavy atom. The lowest BCUT2D eigenvalue weighted by molar-refractivity contribution is -0.145. The first kappa shape index (κ1) is 30.1. The van der Waals surface area contributed by atoms with Crippen LogP contribution in [-0.2, 0) is 6.18 Å². The van der Waals surface area contributed by atoms with Crippen LogP contribution in [0.4, 0.5) is 13.2 Å². The maximum atomic E-state index is 12.7. The molecule has 3 rings (SSSR count). The molecule has 2 aromatic rings. The molecule has 8 nitrogen and oxygen atoms in total. The van der Waals surface area contributed by atoms with E-state index in [9.17, 15) is 22.8 Å². The summed E-state index contributed by atoms with van der Waals surface area (Å²) in [7, 11) is 0. The molecule has 0 spiro atoms. The molecule has 2 amide bonds. The predicted molar refractivity (Wildman–Crippen MR) is 134 cm³/mol. The maximum Gasteiger partial charge on any atom is 0.451 e. The quantitative estimate of drug-likeness (QED) is 0.506. The van der Waals surface area contributed by atoms with Gasteiger partial charge in [-0.1, -0.05) is 27.7 Å². The van der Waals surface area contributed by atoms with Gasteiger partial charge < -0.3 is 10.6 Å². The monoisotopic (exact) mass is 522 g/mol. The van der Waals surface area contributed by atoms with Crippen molar-refractivity contribution >= 4 is 11.8 Å². The van der Waals surface area contributed by atoms with Gasteiger partial charge in [-0.15, -0.1) is 0 Å². The lowest BCUT2D eigenvalue weighted by Gasteiger charge is -2.13. The van der Waals surface area contributed by atoms with Crippen LogP contribution in [0.5, 0.6) is 0 Å². The summed E-state index contributed by atoms with van der Waals surface area (Å²) in [5, 5.41) is 5.39. The van der Waals surface area contributed by atoms with Gasteiger partial charge in [0.15, 0.2) is 0 Å². The zero-order valence-corrected chi connectivity index (χ0v) is 22.7. The van der Waals surface area contributed by atoms with Crippen LogP contribution in [0.25, 0.3) is 0 Å². The lowest BCUT2D eigenvalue weighted by atomic mass is 10.1. The van der Waals surface area contributed by atoms with Crippen LogP contribution < -0.4 is 10.6 Å². The van der Waals surface area contributed by atoms with E-state index in [1.54, 1.807) is 27.7 Å². The number of aromatic nitrogens is 4. The molecule has 0 bridgehead atoms. The molecule has 204 valence electrons. The Morgan fingerprint density at radius 2 is 1.19 bits per heavy atom. The Balaban J connectivity index is 0.000000260. The number of hydrogen-bond donors (Lipinski definition) is 2. The highest BCUT2D eigenvalue weighted by atomic mass is 19.4. The highest BCUT2D eigenvalue weighted by Gasteiger charge is 2.36. The zero-order valence-electron chi connectivity index (χ0n) is 22.7. The average Bonchev–Trinajstić information content (AvgIpc) is 3.63. The summed E-state index contributed by atoms with van der Waals surface area (Å²) in [5.41, 5.74) is 1.39. The number of carbonyl (C=O) groups is 2. The second-order valence-electron chi connectivity index (χ2n) is 10.4. The first-order valence-electron chi connectivity index (χ1n) is 12.5. The third-order valence-corrected chi connectivity index (χ3v) is 5.19. The normalized spacial score (nSPS) is 13.6. The van der Waals surface area contributed by atoms with Crippen molar-refractivity contribution in [3.05, 3.63) is 46.6 Å². The molecule has 11 heteroatoms. The van der Waals surface area contributed by atoms with Gasteiger partial charge in [0.25, 0.3) is 11.8 Å². The van der Waals surface area contributed by atoms with Crippen LogP contribution in [0.2, 0.25) is 0 Å². The minimum absolute atomic E-state index is 0.101. The molecule has 0 radical (unpaired) electrons. The molecule has 0 saturated heterocycles. The third kappa shape index (κ3) is 9.36. The zero-order chi connectivity index (χ0) is 28.1. The summed E-state index contributed by atoms with van der Waals surface area (Å²) in [5.74, 6) is -0.621. The predicted octanol–water partition coefficient (Wildman–Crippen LogP) is 5.37. The van der Waals surface area contributed by atoms with Crippen molar-refractivity contribution in [1.29, 1.82) is 0 Å². The van der Waals surface area contributed by atoms with Crippen molar-refractivity contribution in [1.82, 2.24) is 30.6 Å². The molecule has 2 heterocycles. The van der Waals surface area contributed by atoms with E-state index >= 15 is 0 Å². The van der Waals surface area contributed by atoms with E-state index in [0.717, 1.165) is 24.4 Å². The van der Waals surface area contributed by atoms with Gasteiger partial charge >= 0.3 is 6.18 Å². The first-order valence-corrected chi connectivity index (χ1v) is 12.5. The summed E-state index contributed by atoms with van der Waals surface area (Å²) in [4.78, 5) is 39.5. The van der Waals surface area contributed by atoms with Crippen molar-refractivity contribution in [3.8, 4) is 0 Å². The smallest absolute Gasteiger partial charge is 0.349 e. The fourth-order valence-corrected chi connectivity index (χ4v) is 3.10. The fraction of sp³-hybridized carbons (Fsp3) is 0.615. The van der Waals surface area contributed by atoms with Crippen LogP contribution in [-0.4, -0.2) is 43.8 Å². The molecule has 2 aromatic heterocycles. The minimum Gasteiger partial charge on any atom is -0.349 e. The molecule has 0 aliphatic heterocycles. The van der Waals surface area contributed by atoms with E-state index in [2.05, 4.69) is 44.4 Å². The molecule has 2 N–H and O–H groups in total. The number of carbonyl (C=O) groups excluding carboxylic acids is 2. The van der Waals surface area contributed by atoms with Gasteiger partial charge in [0, 0.05) is 29.4 Å². The molecule has 1 fully saturated rings. The molecule has 37 heavy (non-hydrogen) atoms. The number of nitrogens with zero attached hydrogens (tertiary/aromatic N) is 4. The van der Waals surface area contributed by atoms with E-state index in [0.29, 0.717) is 17.5 Å². The molecular weight excluding hydrogens is 485 g/mol. The third-order valence-electron chi connectivity index (χ3n) is 5.19. The van der Waals surface area contributed by atoms with Gasteiger partial charge in [-0.05, 0) is 64.5 Å². The number of rotatable bonds is 7. The number of amides is 2. The van der Waals surface area contributed by atoms with Crippen molar-refractivity contribution < 1.29 is 22.8 Å². The molecule has 0 unspecified atom stereocenters. The second kappa shape index (κ2) is 12.4. The SMILES string of the molecule is CC(C)NC(=O)c1cc(C(C)C)nc(C(F)(F)F)n1.CC(C)NC(=O)c1cc(C(C)C)nc(C2CC2)n1. The summed E-state index contributed by atoms with van der Waals surface area (Å²) >= 11 is 0. The van der Waals surface area contributed by atoms with E-state index in [1.807, 2.05) is 19.9 Å². The molecule has 1 aliphatic carbocycles. The standard InChI is InChI=1S/C14H21N3O.C12H16F3N3O/c1-8(2)11-7-12(14(18)15-9(3)4)17-13(16-11)10-5-6-10;1-6(2)8-5-9(10(19)16-7(3)4)18-11(17-8)12(13,14)15/h7-10H,5-6H2,1-4H3,(H,15,18);5-7H,1-4H3,(H,16,19). The summed E-state index contributed by atoms with van der Waals surface area (Å²) < 4.78 is 38.0. The second-order valence-corrected chi connectivity index (χ2v) is 10.4. The number of alkyl halides is 3. The number of nitrogens with one attached hydrogen (secondary N) is 2. The first-order chi connectivity index (χ1) is 17.1. The van der Waals surface area contributed by atoms with Crippen LogP contribution >= 0.6 is 0 Å². The number of hydrogen-bond acceptors (Lipinski definition) is 6. The van der Waals surface area contributed by atoms with Gasteiger partial charge in [0.2, 0.25) is 5.82 Å². The Morgan fingerprint density at radius 1 is 0.757 bits per heavy atom. The molecule has 0 aromatic carbocycles. The van der Waals surface area contributed by atoms with Gasteiger partial charge in [-0.3, -0.25) is 9.59 Å². The largest absolute Gasteiger partial charge is 0.451 e. The molecule has 1 saturated carbocycles. The van der Waals surface area contributed by atoms with Gasteiger partial charge in [-0.25, -0.2) is 19.9 Å². The van der Waals surface area contributed by atoms with Crippen LogP contribution in [0.3, 0.4) is 0 Å². The van der Waals surface area contributed by atoms with E-state index in [-0.39, 0.29) is 35.3 Å². The Labute approximate surface area is 216 Å². The topological polar surface area (TPSA) is 110 Å². The summed E-state index contributed by atoms with van der Waals surface area (Å²) in [6.45, 7) is 14.9. The fourth-order valence-electron chi connectivity index (χ4n) is 3.10. The maximum absolute atomic E-state index is 12.7. The van der Waals surface area contributed by atoms with Crippen LogP contribution in [0.1, 0.15) is 130 Å². The molecular formula is C26H37F3N6O2.